The molecule has 176 valence electrons. The fourth-order valence-electron chi connectivity index (χ4n) is 4.36. The van der Waals surface area contributed by atoms with E-state index in [1.807, 2.05) is 50.4 Å². The summed E-state index contributed by atoms with van der Waals surface area (Å²) in [5, 5.41) is 14.0. The van der Waals surface area contributed by atoms with Crippen LogP contribution in [0, 0.1) is 20.8 Å². The zero-order valence-corrected chi connectivity index (χ0v) is 21.1. The number of aliphatic hydroxyl groups is 1. The summed E-state index contributed by atoms with van der Waals surface area (Å²) in [5.41, 5.74) is 4.22. The number of nitrogens with zero attached hydrogens (tertiary/aromatic N) is 1. The number of Topliss-reactive ketones (excluding diaryl/α,β-unsaturated/α-hetero) is 1. The second kappa shape index (κ2) is 9.65. The highest BCUT2D eigenvalue weighted by Crippen LogP contribution is 2.43. The van der Waals surface area contributed by atoms with Crippen molar-refractivity contribution in [3.05, 3.63) is 91.1 Å². The van der Waals surface area contributed by atoms with Crippen molar-refractivity contribution in [1.29, 1.82) is 0 Å². The van der Waals surface area contributed by atoms with Gasteiger partial charge in [-0.1, -0.05) is 23.7 Å². The molecule has 0 spiro atoms. The predicted molar refractivity (Wildman–Crippen MR) is 136 cm³/mol. The number of amides is 1. The van der Waals surface area contributed by atoms with Crippen LogP contribution in [-0.2, 0) is 16.0 Å². The number of thiophene rings is 1. The highest BCUT2D eigenvalue weighted by molar-refractivity contribution is 7.10. The molecule has 7 heteroatoms. The van der Waals surface area contributed by atoms with E-state index in [9.17, 15) is 14.7 Å². The van der Waals surface area contributed by atoms with E-state index in [-0.39, 0.29) is 11.3 Å². The van der Waals surface area contributed by atoms with Crippen LogP contribution in [0.4, 0.5) is 0 Å². The lowest BCUT2D eigenvalue weighted by molar-refractivity contribution is -0.139. The van der Waals surface area contributed by atoms with Gasteiger partial charge in [-0.3, -0.25) is 9.59 Å². The molecule has 1 aliphatic rings. The van der Waals surface area contributed by atoms with Crippen LogP contribution < -0.4 is 4.74 Å². The molecule has 2 heterocycles. The third-order valence-corrected chi connectivity index (χ3v) is 7.56. The standard InChI is InChI=1S/C27H26ClNO4S/c1-15-10-12-34-26(15)23-22(24(30)20-13-17(3)21(33-4)14-16(20)2)25(31)27(32)29(23)11-9-18-5-7-19(28)8-6-18/h5-8,10,12-14,23,30H,9,11H2,1-4H3/b24-22+. The largest absolute Gasteiger partial charge is 0.507 e. The summed E-state index contributed by atoms with van der Waals surface area (Å²) in [5.74, 6) is -0.730. The molecule has 1 aromatic heterocycles. The number of hydrogen-bond acceptors (Lipinski definition) is 5. The third-order valence-electron chi connectivity index (χ3n) is 6.24. The molecule has 1 aliphatic heterocycles. The lowest BCUT2D eigenvalue weighted by Gasteiger charge is -2.25. The van der Waals surface area contributed by atoms with Crippen LogP contribution in [0.5, 0.6) is 5.75 Å². The van der Waals surface area contributed by atoms with Gasteiger partial charge in [0.1, 0.15) is 11.5 Å². The Morgan fingerprint density at radius 2 is 1.76 bits per heavy atom. The number of carbonyl (C=O) groups excluding carboxylic acids is 2. The molecule has 1 amide bonds. The van der Waals surface area contributed by atoms with E-state index < -0.39 is 17.7 Å². The van der Waals surface area contributed by atoms with Crippen molar-refractivity contribution in [1.82, 2.24) is 4.90 Å². The van der Waals surface area contributed by atoms with E-state index in [0.29, 0.717) is 29.3 Å². The fourth-order valence-corrected chi connectivity index (χ4v) is 5.53. The summed E-state index contributed by atoms with van der Waals surface area (Å²) in [4.78, 5) is 28.9. The second-order valence-corrected chi connectivity index (χ2v) is 9.86. The molecule has 2 aromatic carbocycles. The highest BCUT2D eigenvalue weighted by Gasteiger charge is 2.47. The Morgan fingerprint density at radius 3 is 2.38 bits per heavy atom. The van der Waals surface area contributed by atoms with Gasteiger partial charge >= 0.3 is 0 Å². The normalized spacial score (nSPS) is 17.4. The number of rotatable bonds is 6. The van der Waals surface area contributed by atoms with E-state index >= 15 is 0 Å². The minimum atomic E-state index is -0.667. The molecule has 1 N–H and O–H groups in total. The molecule has 0 aliphatic carbocycles. The molecular weight excluding hydrogens is 470 g/mol. The topological polar surface area (TPSA) is 66.8 Å². The SMILES string of the molecule is COc1cc(C)c(/C(O)=C2\C(=O)C(=O)N(CCc3ccc(Cl)cc3)C2c2sccc2C)cc1C. The second-order valence-electron chi connectivity index (χ2n) is 8.47. The number of ketones is 1. The summed E-state index contributed by atoms with van der Waals surface area (Å²) >= 11 is 7.47. The van der Waals surface area contributed by atoms with Gasteiger partial charge in [-0.25, -0.2) is 0 Å². The summed E-state index contributed by atoms with van der Waals surface area (Å²) in [7, 11) is 1.59. The number of likely N-dealkylation sites (tertiary alicyclic amines) is 1. The molecule has 0 bridgehead atoms. The maximum Gasteiger partial charge on any atom is 0.295 e. The molecule has 3 aromatic rings. The van der Waals surface area contributed by atoms with Crippen LogP contribution in [0.15, 0.2) is 53.4 Å². The van der Waals surface area contributed by atoms with Crippen molar-refractivity contribution >= 4 is 40.4 Å². The zero-order valence-electron chi connectivity index (χ0n) is 19.5. The van der Waals surface area contributed by atoms with E-state index in [2.05, 4.69) is 0 Å². The first-order valence-electron chi connectivity index (χ1n) is 11.0. The van der Waals surface area contributed by atoms with Gasteiger partial charge in [-0.2, -0.15) is 0 Å². The summed E-state index contributed by atoms with van der Waals surface area (Å²) in [6, 6.07) is 12.4. The van der Waals surface area contributed by atoms with Crippen LogP contribution in [0.2, 0.25) is 5.02 Å². The van der Waals surface area contributed by atoms with E-state index in [1.54, 1.807) is 30.2 Å². The monoisotopic (exact) mass is 495 g/mol. The first-order chi connectivity index (χ1) is 16.2. The Balaban J connectivity index is 1.80. The van der Waals surface area contributed by atoms with Crippen molar-refractivity contribution in [3.63, 3.8) is 0 Å². The van der Waals surface area contributed by atoms with Gasteiger partial charge in [0.25, 0.3) is 11.7 Å². The van der Waals surface area contributed by atoms with Crippen LogP contribution >= 0.6 is 22.9 Å². The van der Waals surface area contributed by atoms with Gasteiger partial charge in [0.2, 0.25) is 0 Å². The molecular formula is C27H26ClNO4S. The number of aryl methyl sites for hydroxylation is 3. The molecule has 5 nitrogen and oxygen atoms in total. The summed E-state index contributed by atoms with van der Waals surface area (Å²) in [6.45, 7) is 6.01. The van der Waals surface area contributed by atoms with Gasteiger partial charge < -0.3 is 14.7 Å². The van der Waals surface area contributed by atoms with Crippen molar-refractivity contribution < 1.29 is 19.4 Å². The summed E-state index contributed by atoms with van der Waals surface area (Å²) < 4.78 is 5.38. The molecule has 1 atom stereocenters. The average Bonchev–Trinajstić information content (AvgIpc) is 3.34. The number of hydrogen-bond donors (Lipinski definition) is 1. The van der Waals surface area contributed by atoms with E-state index in [4.69, 9.17) is 16.3 Å². The number of aliphatic hydroxyl groups excluding tert-OH is 1. The lowest BCUT2D eigenvalue weighted by atomic mass is 9.95. The van der Waals surface area contributed by atoms with Crippen LogP contribution in [0.3, 0.4) is 0 Å². The predicted octanol–water partition coefficient (Wildman–Crippen LogP) is 6.00. The van der Waals surface area contributed by atoms with Crippen LogP contribution in [0.1, 0.15) is 38.7 Å². The first-order valence-corrected chi connectivity index (χ1v) is 12.2. The minimum absolute atomic E-state index is 0.124. The Bertz CT molecular complexity index is 1290. The smallest absolute Gasteiger partial charge is 0.295 e. The fraction of sp³-hybridized carbons (Fsp3) is 0.259. The van der Waals surface area contributed by atoms with Gasteiger partial charge in [-0.05, 0) is 85.2 Å². The van der Waals surface area contributed by atoms with Crippen molar-refractivity contribution in [2.24, 2.45) is 0 Å². The van der Waals surface area contributed by atoms with Crippen molar-refractivity contribution in [2.75, 3.05) is 13.7 Å². The van der Waals surface area contributed by atoms with Gasteiger partial charge in [0, 0.05) is 22.0 Å². The minimum Gasteiger partial charge on any atom is -0.507 e. The lowest BCUT2D eigenvalue weighted by Crippen LogP contribution is -2.31. The zero-order chi connectivity index (χ0) is 24.6. The highest BCUT2D eigenvalue weighted by atomic mass is 35.5. The van der Waals surface area contributed by atoms with E-state index in [1.165, 1.54) is 11.3 Å². The number of ether oxygens (including phenoxy) is 1. The molecule has 34 heavy (non-hydrogen) atoms. The number of carbonyl (C=O) groups is 2. The molecule has 4 rings (SSSR count). The molecule has 0 radical (unpaired) electrons. The van der Waals surface area contributed by atoms with Crippen LogP contribution in [-0.4, -0.2) is 35.4 Å². The quantitative estimate of drug-likeness (QED) is 0.259. The van der Waals surface area contributed by atoms with Gasteiger partial charge in [-0.15, -0.1) is 11.3 Å². The Morgan fingerprint density at radius 1 is 1.06 bits per heavy atom. The molecule has 1 fully saturated rings. The summed E-state index contributed by atoms with van der Waals surface area (Å²) in [6.07, 6.45) is 0.561. The van der Waals surface area contributed by atoms with Crippen molar-refractivity contribution in [2.45, 2.75) is 33.2 Å². The molecule has 1 unspecified atom stereocenters. The first kappa shape index (κ1) is 24.0. The van der Waals surface area contributed by atoms with Gasteiger partial charge in [0.15, 0.2) is 0 Å². The third kappa shape index (κ3) is 4.36. The maximum absolute atomic E-state index is 13.3. The van der Waals surface area contributed by atoms with Gasteiger partial charge in [0.05, 0.1) is 18.7 Å². The Hall–Kier alpha value is -3.09. The number of halogens is 1. The number of methoxy groups -OCH3 is 1. The van der Waals surface area contributed by atoms with Crippen molar-refractivity contribution in [3.8, 4) is 5.75 Å². The maximum atomic E-state index is 13.3. The average molecular weight is 496 g/mol. The molecule has 1 saturated heterocycles. The Kier molecular flexibility index (Phi) is 6.82. The Labute approximate surface area is 208 Å². The molecule has 0 saturated carbocycles. The van der Waals surface area contributed by atoms with E-state index in [0.717, 1.165) is 27.1 Å². The number of benzene rings is 2. The van der Waals surface area contributed by atoms with Crippen LogP contribution in [0.25, 0.3) is 5.76 Å².